The minimum atomic E-state index is -0.149. The fourth-order valence-corrected chi connectivity index (χ4v) is 3.93. The third-order valence-corrected chi connectivity index (χ3v) is 5.65. The molecule has 2 amide bonds. The topological polar surface area (TPSA) is 80.3 Å². The summed E-state index contributed by atoms with van der Waals surface area (Å²) in [5.74, 6) is 0.758. The maximum Gasteiger partial charge on any atom is 0.234 e. The number of thioether (sulfide) groups is 1. The number of rotatable bonds is 7. The summed E-state index contributed by atoms with van der Waals surface area (Å²) in [6.45, 7) is 5.43. The van der Waals surface area contributed by atoms with Crippen LogP contribution in [-0.4, -0.2) is 29.7 Å². The Labute approximate surface area is 180 Å². The van der Waals surface area contributed by atoms with Crippen molar-refractivity contribution in [2.24, 2.45) is 0 Å². The van der Waals surface area contributed by atoms with Gasteiger partial charge in [-0.2, -0.15) is 0 Å². The monoisotopic (exact) mass is 423 g/mol. The van der Waals surface area contributed by atoms with Gasteiger partial charge >= 0.3 is 0 Å². The molecule has 0 aliphatic rings. The Morgan fingerprint density at radius 3 is 2.60 bits per heavy atom. The van der Waals surface area contributed by atoms with Gasteiger partial charge in [-0.1, -0.05) is 24.8 Å². The number of methoxy groups -OCH3 is 1. The van der Waals surface area contributed by atoms with E-state index in [0.717, 1.165) is 39.2 Å². The molecule has 1 aromatic heterocycles. The van der Waals surface area contributed by atoms with Crippen molar-refractivity contribution in [2.75, 3.05) is 23.5 Å². The van der Waals surface area contributed by atoms with Crippen molar-refractivity contribution in [3.63, 3.8) is 0 Å². The maximum atomic E-state index is 12.5. The summed E-state index contributed by atoms with van der Waals surface area (Å²) in [6.07, 6.45) is 0.822. The molecule has 3 rings (SSSR count). The molecule has 0 radical (unpaired) electrons. The molecule has 7 heteroatoms. The number of aryl methyl sites for hydroxylation is 2. The Hall–Kier alpha value is -3.06. The van der Waals surface area contributed by atoms with E-state index in [4.69, 9.17) is 9.72 Å². The van der Waals surface area contributed by atoms with Crippen LogP contribution < -0.4 is 15.4 Å². The van der Waals surface area contributed by atoms with Crippen LogP contribution in [0, 0.1) is 6.92 Å². The lowest BCUT2D eigenvalue weighted by atomic mass is 10.1. The molecule has 0 fully saturated rings. The number of pyridine rings is 1. The molecule has 0 aliphatic heterocycles. The average Bonchev–Trinajstić information content (AvgIpc) is 2.73. The Balaban J connectivity index is 1.71. The number of carbonyl (C=O) groups is 2. The van der Waals surface area contributed by atoms with Crippen LogP contribution in [0.2, 0.25) is 0 Å². The van der Waals surface area contributed by atoms with Crippen LogP contribution in [0.1, 0.15) is 25.0 Å². The van der Waals surface area contributed by atoms with Gasteiger partial charge in [0, 0.05) is 23.7 Å². The summed E-state index contributed by atoms with van der Waals surface area (Å²) in [6, 6.07) is 13.3. The van der Waals surface area contributed by atoms with E-state index in [2.05, 4.69) is 23.6 Å². The summed E-state index contributed by atoms with van der Waals surface area (Å²) in [5.41, 5.74) is 4.23. The normalized spacial score (nSPS) is 10.7. The molecule has 0 unspecified atom stereocenters. The predicted molar refractivity (Wildman–Crippen MR) is 123 cm³/mol. The summed E-state index contributed by atoms with van der Waals surface area (Å²) < 4.78 is 5.29. The number of hydrogen-bond donors (Lipinski definition) is 2. The van der Waals surface area contributed by atoms with E-state index >= 15 is 0 Å². The zero-order chi connectivity index (χ0) is 21.7. The Kier molecular flexibility index (Phi) is 6.95. The first-order valence-corrected chi connectivity index (χ1v) is 10.7. The van der Waals surface area contributed by atoms with Crippen molar-refractivity contribution in [3.8, 4) is 5.75 Å². The van der Waals surface area contributed by atoms with Crippen molar-refractivity contribution < 1.29 is 14.3 Å². The van der Waals surface area contributed by atoms with Crippen molar-refractivity contribution in [3.05, 3.63) is 53.6 Å². The first-order valence-electron chi connectivity index (χ1n) is 9.68. The van der Waals surface area contributed by atoms with Crippen molar-refractivity contribution >= 4 is 45.9 Å². The van der Waals surface area contributed by atoms with E-state index < -0.39 is 0 Å². The number of carbonyl (C=O) groups excluding carboxylic acids is 2. The Morgan fingerprint density at radius 2 is 1.90 bits per heavy atom. The van der Waals surface area contributed by atoms with E-state index in [-0.39, 0.29) is 17.6 Å². The number of nitrogens with one attached hydrogen (secondary N) is 2. The van der Waals surface area contributed by atoms with E-state index in [1.54, 1.807) is 13.2 Å². The summed E-state index contributed by atoms with van der Waals surface area (Å²) >= 11 is 1.42. The van der Waals surface area contributed by atoms with Crippen LogP contribution in [0.5, 0.6) is 5.75 Å². The minimum absolute atomic E-state index is 0.128. The summed E-state index contributed by atoms with van der Waals surface area (Å²) in [5, 5.41) is 7.53. The van der Waals surface area contributed by atoms with Gasteiger partial charge < -0.3 is 15.4 Å². The third kappa shape index (κ3) is 5.30. The highest BCUT2D eigenvalue weighted by molar-refractivity contribution is 8.00. The first-order chi connectivity index (χ1) is 14.4. The number of aromatic nitrogens is 1. The fraction of sp³-hybridized carbons (Fsp3) is 0.261. The van der Waals surface area contributed by atoms with Gasteiger partial charge in [-0.05, 0) is 60.9 Å². The van der Waals surface area contributed by atoms with Crippen LogP contribution >= 0.6 is 11.8 Å². The molecule has 6 nitrogen and oxygen atoms in total. The molecule has 156 valence electrons. The molecule has 0 bridgehead atoms. The van der Waals surface area contributed by atoms with Crippen molar-refractivity contribution in [2.45, 2.75) is 32.2 Å². The number of fused-ring (bicyclic) bond motifs is 1. The molecule has 2 N–H and O–H groups in total. The number of ether oxygens (including phenoxy) is 1. The molecular weight excluding hydrogens is 398 g/mol. The zero-order valence-corrected chi connectivity index (χ0v) is 18.4. The SMILES string of the molecule is CCc1cc2cc(OC)ccc2nc1SCC(=O)Nc1ccc(C)c(NC(C)=O)c1. The first kappa shape index (κ1) is 21.6. The molecule has 0 aliphatic carbocycles. The summed E-state index contributed by atoms with van der Waals surface area (Å²) in [7, 11) is 1.64. The lowest BCUT2D eigenvalue weighted by Crippen LogP contribution is -2.15. The molecule has 2 aromatic carbocycles. The van der Waals surface area contributed by atoms with Gasteiger partial charge in [0.25, 0.3) is 0 Å². The molecule has 0 saturated heterocycles. The molecule has 0 saturated carbocycles. The lowest BCUT2D eigenvalue weighted by Gasteiger charge is -2.12. The largest absolute Gasteiger partial charge is 0.497 e. The summed E-state index contributed by atoms with van der Waals surface area (Å²) in [4.78, 5) is 28.6. The van der Waals surface area contributed by atoms with Crippen LogP contribution in [0.15, 0.2) is 47.5 Å². The third-order valence-electron chi connectivity index (χ3n) is 4.61. The predicted octanol–water partition coefficient (Wildman–Crippen LogP) is 4.80. The highest BCUT2D eigenvalue weighted by atomic mass is 32.2. The Bertz CT molecular complexity index is 1100. The second kappa shape index (κ2) is 9.63. The number of anilines is 2. The van der Waals surface area contributed by atoms with E-state index in [1.807, 2.05) is 37.3 Å². The van der Waals surface area contributed by atoms with Crippen LogP contribution in [0.25, 0.3) is 10.9 Å². The molecule has 30 heavy (non-hydrogen) atoms. The maximum absolute atomic E-state index is 12.5. The molecular formula is C23H25N3O3S. The van der Waals surface area contributed by atoms with E-state index in [9.17, 15) is 9.59 Å². The standard InChI is InChI=1S/C23H25N3O3S/c1-5-16-10-17-11-19(29-4)8-9-20(17)26-23(16)30-13-22(28)25-18-7-6-14(2)21(12-18)24-15(3)27/h6-12H,5,13H2,1-4H3,(H,24,27)(H,25,28). The molecule has 0 atom stereocenters. The van der Waals surface area contributed by atoms with Crippen molar-refractivity contribution in [1.82, 2.24) is 4.98 Å². The number of hydrogen-bond acceptors (Lipinski definition) is 5. The highest BCUT2D eigenvalue weighted by Gasteiger charge is 2.11. The van der Waals surface area contributed by atoms with Gasteiger partial charge in [0.15, 0.2) is 0 Å². The second-order valence-electron chi connectivity index (χ2n) is 6.91. The lowest BCUT2D eigenvalue weighted by molar-refractivity contribution is -0.114. The van der Waals surface area contributed by atoms with Gasteiger partial charge in [-0.3, -0.25) is 9.59 Å². The Morgan fingerprint density at radius 1 is 1.10 bits per heavy atom. The van der Waals surface area contributed by atoms with Crippen LogP contribution in [0.3, 0.4) is 0 Å². The molecule has 1 heterocycles. The highest BCUT2D eigenvalue weighted by Crippen LogP contribution is 2.28. The number of amides is 2. The van der Waals surface area contributed by atoms with Gasteiger partial charge in [-0.25, -0.2) is 4.98 Å². The molecule has 0 spiro atoms. The smallest absolute Gasteiger partial charge is 0.234 e. The van der Waals surface area contributed by atoms with Crippen LogP contribution in [-0.2, 0) is 16.0 Å². The van der Waals surface area contributed by atoms with Gasteiger partial charge in [-0.15, -0.1) is 0 Å². The van der Waals surface area contributed by atoms with Crippen LogP contribution in [0.4, 0.5) is 11.4 Å². The van der Waals surface area contributed by atoms with Gasteiger partial charge in [0.2, 0.25) is 11.8 Å². The molecule has 3 aromatic rings. The second-order valence-corrected chi connectivity index (χ2v) is 7.88. The van der Waals surface area contributed by atoms with Gasteiger partial charge in [0.05, 0.1) is 18.4 Å². The van der Waals surface area contributed by atoms with E-state index in [1.165, 1.54) is 18.7 Å². The average molecular weight is 424 g/mol. The fourth-order valence-electron chi connectivity index (χ4n) is 3.04. The number of nitrogens with zero attached hydrogens (tertiary/aromatic N) is 1. The van der Waals surface area contributed by atoms with Gasteiger partial charge in [0.1, 0.15) is 10.8 Å². The van der Waals surface area contributed by atoms with Crippen molar-refractivity contribution in [1.29, 1.82) is 0 Å². The quantitative estimate of drug-likeness (QED) is 0.534. The zero-order valence-electron chi connectivity index (χ0n) is 17.5. The number of benzene rings is 2. The van der Waals surface area contributed by atoms with E-state index in [0.29, 0.717) is 11.4 Å². The minimum Gasteiger partial charge on any atom is -0.497 e.